The van der Waals surface area contributed by atoms with Gasteiger partial charge in [0.05, 0.1) is 0 Å². The van der Waals surface area contributed by atoms with E-state index in [9.17, 15) is 19.2 Å². The fourth-order valence-electron chi connectivity index (χ4n) is 4.02. The van der Waals surface area contributed by atoms with Crippen molar-refractivity contribution in [3.05, 3.63) is 0 Å². The van der Waals surface area contributed by atoms with Crippen molar-refractivity contribution in [3.8, 4) is 0 Å². The molecule has 0 aromatic rings. The van der Waals surface area contributed by atoms with Crippen molar-refractivity contribution in [2.75, 3.05) is 0 Å². The number of nitrogens with two attached hydrogens (primary N) is 1. The first-order valence-corrected chi connectivity index (χ1v) is 14.6. The zero-order valence-corrected chi connectivity index (χ0v) is 26.2. The van der Waals surface area contributed by atoms with Crippen LogP contribution in [-0.4, -0.2) is 29.9 Å². The summed E-state index contributed by atoms with van der Waals surface area (Å²) in [6.45, 7) is 4.40. The Morgan fingerprint density at radius 1 is 0.541 bits per heavy atom. The Labute approximate surface area is 249 Å². The van der Waals surface area contributed by atoms with Gasteiger partial charge < -0.3 is 16.6 Å². The molecule has 0 rings (SSSR count). The molecule has 1 atom stereocenters. The standard InChI is InChI=1S/C29H53NO6.Na.H/c1-3-5-7-9-11-13-15-17-19-21-26(31)35-28(33)24-23-25(30)29(34)36-27(32)22-20-18-16-14-12-10-8-6-4-2;;/h25H,3-24,30H2,1-2H3;;/q;+1;-1/t25-;;/m0../s1. The van der Waals surface area contributed by atoms with Crippen LogP contribution in [0.5, 0.6) is 0 Å². The molecule has 0 saturated heterocycles. The van der Waals surface area contributed by atoms with Crippen molar-refractivity contribution in [2.24, 2.45) is 5.73 Å². The maximum atomic E-state index is 12.0. The third-order valence-electron chi connectivity index (χ3n) is 6.37. The van der Waals surface area contributed by atoms with Gasteiger partial charge in [-0.3, -0.25) is 14.4 Å². The minimum atomic E-state index is -1.10. The molecule has 212 valence electrons. The summed E-state index contributed by atoms with van der Waals surface area (Å²) in [6.07, 6.45) is 20.6. The fraction of sp³-hybridized carbons (Fsp3) is 0.862. The number of carbonyl (C=O) groups is 4. The van der Waals surface area contributed by atoms with Crippen LogP contribution in [0.4, 0.5) is 0 Å². The Bertz CT molecular complexity index is 606. The van der Waals surface area contributed by atoms with Crippen molar-refractivity contribution in [1.29, 1.82) is 0 Å². The van der Waals surface area contributed by atoms with E-state index in [1.165, 1.54) is 77.0 Å². The summed E-state index contributed by atoms with van der Waals surface area (Å²) >= 11 is 0. The van der Waals surface area contributed by atoms with E-state index in [-0.39, 0.29) is 56.7 Å². The van der Waals surface area contributed by atoms with Gasteiger partial charge in [0, 0.05) is 19.3 Å². The van der Waals surface area contributed by atoms with Gasteiger partial charge in [0.15, 0.2) is 0 Å². The van der Waals surface area contributed by atoms with E-state index in [0.717, 1.165) is 25.7 Å². The number of hydrogen-bond acceptors (Lipinski definition) is 7. The average molecular weight is 536 g/mol. The molecule has 37 heavy (non-hydrogen) atoms. The van der Waals surface area contributed by atoms with Crippen LogP contribution in [0.2, 0.25) is 0 Å². The molecule has 0 heterocycles. The smallest absolute Gasteiger partial charge is 1.00 e. The third kappa shape index (κ3) is 26.6. The maximum absolute atomic E-state index is 12.0. The van der Waals surface area contributed by atoms with Crippen molar-refractivity contribution < 1.29 is 59.6 Å². The van der Waals surface area contributed by atoms with Crippen LogP contribution in [0.3, 0.4) is 0 Å². The molecule has 0 aliphatic rings. The number of ether oxygens (including phenoxy) is 2. The molecule has 0 aliphatic carbocycles. The normalized spacial score (nSPS) is 11.4. The number of hydrogen-bond donors (Lipinski definition) is 1. The predicted molar refractivity (Wildman–Crippen MR) is 144 cm³/mol. The van der Waals surface area contributed by atoms with Crippen LogP contribution in [0.1, 0.15) is 157 Å². The van der Waals surface area contributed by atoms with E-state index in [0.29, 0.717) is 12.8 Å². The minimum Gasteiger partial charge on any atom is -1.00 e. The van der Waals surface area contributed by atoms with Crippen molar-refractivity contribution >= 4 is 23.9 Å². The molecule has 0 saturated carbocycles. The molecule has 0 aliphatic heterocycles. The molecule has 0 fully saturated rings. The van der Waals surface area contributed by atoms with Gasteiger partial charge in [-0.2, -0.15) is 0 Å². The van der Waals surface area contributed by atoms with Gasteiger partial charge >= 0.3 is 53.4 Å². The Morgan fingerprint density at radius 3 is 1.27 bits per heavy atom. The van der Waals surface area contributed by atoms with Gasteiger partial charge in [-0.25, -0.2) is 4.79 Å². The number of esters is 4. The van der Waals surface area contributed by atoms with Gasteiger partial charge in [-0.05, 0) is 19.3 Å². The van der Waals surface area contributed by atoms with Crippen LogP contribution in [-0.2, 0) is 28.7 Å². The summed E-state index contributed by atoms with van der Waals surface area (Å²) in [5, 5.41) is 0. The van der Waals surface area contributed by atoms with Gasteiger partial charge in [-0.15, -0.1) is 0 Å². The molecule has 2 N–H and O–H groups in total. The van der Waals surface area contributed by atoms with Gasteiger partial charge in [0.1, 0.15) is 6.04 Å². The molecule has 0 aromatic heterocycles. The molecule has 7 nitrogen and oxygen atoms in total. The SMILES string of the molecule is CCCCCCCCCCCC(=O)OC(=O)CC[C@H](N)C(=O)OC(=O)CCCCCCCCCCC.[H-].[Na+]. The average Bonchev–Trinajstić information content (AvgIpc) is 2.85. The molecule has 0 aromatic carbocycles. The maximum Gasteiger partial charge on any atom is 1.00 e. The van der Waals surface area contributed by atoms with Gasteiger partial charge in [0.2, 0.25) is 0 Å². The van der Waals surface area contributed by atoms with Crippen LogP contribution >= 0.6 is 0 Å². The number of carbonyl (C=O) groups excluding carboxylic acids is 4. The van der Waals surface area contributed by atoms with Crippen molar-refractivity contribution in [3.63, 3.8) is 0 Å². The Kier molecular flexibility index (Phi) is 29.3. The van der Waals surface area contributed by atoms with Crippen molar-refractivity contribution in [1.82, 2.24) is 0 Å². The molecule has 0 bridgehead atoms. The summed E-state index contributed by atoms with van der Waals surface area (Å²) in [7, 11) is 0. The van der Waals surface area contributed by atoms with Crippen LogP contribution in [0.15, 0.2) is 0 Å². The molecular weight excluding hydrogens is 481 g/mol. The first kappa shape index (κ1) is 38.4. The summed E-state index contributed by atoms with van der Waals surface area (Å²) < 4.78 is 9.58. The van der Waals surface area contributed by atoms with Gasteiger partial charge in [-0.1, -0.05) is 117 Å². The number of rotatable bonds is 24. The molecular formula is C29H54NNaO6. The zero-order chi connectivity index (χ0) is 26.9. The molecule has 8 heteroatoms. The number of unbranched alkanes of at least 4 members (excludes halogenated alkanes) is 16. The molecule has 0 spiro atoms. The summed E-state index contributed by atoms with van der Waals surface area (Å²) in [5.74, 6) is -2.68. The fourth-order valence-corrected chi connectivity index (χ4v) is 4.02. The van der Waals surface area contributed by atoms with E-state index in [1.807, 2.05) is 0 Å². The second kappa shape index (κ2) is 28.3. The Morgan fingerprint density at radius 2 is 0.865 bits per heavy atom. The molecule has 0 radical (unpaired) electrons. The zero-order valence-electron chi connectivity index (χ0n) is 25.2. The monoisotopic (exact) mass is 535 g/mol. The first-order chi connectivity index (χ1) is 17.4. The molecule has 0 unspecified atom stereocenters. The Balaban J connectivity index is -0.00000612. The van der Waals surface area contributed by atoms with Crippen molar-refractivity contribution in [2.45, 2.75) is 161 Å². The quantitative estimate of drug-likeness (QED) is 0.0853. The van der Waals surface area contributed by atoms with E-state index in [4.69, 9.17) is 15.2 Å². The van der Waals surface area contributed by atoms with Crippen LogP contribution in [0, 0.1) is 0 Å². The third-order valence-corrected chi connectivity index (χ3v) is 6.37. The molecule has 0 amide bonds. The van der Waals surface area contributed by atoms with E-state index < -0.39 is 29.9 Å². The Hall–Kier alpha value is -0.760. The summed E-state index contributed by atoms with van der Waals surface area (Å²) in [4.78, 5) is 47.4. The first-order valence-electron chi connectivity index (χ1n) is 14.6. The summed E-state index contributed by atoms with van der Waals surface area (Å²) in [6, 6.07) is -1.10. The van der Waals surface area contributed by atoms with E-state index >= 15 is 0 Å². The van der Waals surface area contributed by atoms with Crippen LogP contribution in [0.25, 0.3) is 0 Å². The summed E-state index contributed by atoms with van der Waals surface area (Å²) in [5.41, 5.74) is 5.73. The second-order valence-corrected chi connectivity index (χ2v) is 9.94. The van der Waals surface area contributed by atoms with Crippen LogP contribution < -0.4 is 35.3 Å². The largest absolute Gasteiger partial charge is 1.00 e. The second-order valence-electron chi connectivity index (χ2n) is 9.94. The van der Waals surface area contributed by atoms with E-state index in [1.54, 1.807) is 0 Å². The van der Waals surface area contributed by atoms with Gasteiger partial charge in [0.25, 0.3) is 0 Å². The minimum absolute atomic E-state index is 0. The topological polar surface area (TPSA) is 113 Å². The van der Waals surface area contributed by atoms with E-state index in [2.05, 4.69) is 13.8 Å². The predicted octanol–water partition coefficient (Wildman–Crippen LogP) is 4.19.